The standard InChI is InChI=1S/C17H23Cl2NO/c1-11-5-4-6-14(9-11)20(3)12(2)17(21)15-8-7-13(18)10-16(15)19/h7-8,10-12,14H,4-6,9H2,1-3H3. The minimum Gasteiger partial charge on any atom is -0.294 e. The van der Waals surface area contributed by atoms with E-state index in [1.165, 1.54) is 25.7 Å². The van der Waals surface area contributed by atoms with Crippen LogP contribution in [0.1, 0.15) is 49.9 Å². The van der Waals surface area contributed by atoms with Crippen molar-refractivity contribution in [2.75, 3.05) is 7.05 Å². The van der Waals surface area contributed by atoms with Gasteiger partial charge in [-0.15, -0.1) is 0 Å². The molecule has 21 heavy (non-hydrogen) atoms. The van der Waals surface area contributed by atoms with E-state index in [-0.39, 0.29) is 11.8 Å². The van der Waals surface area contributed by atoms with Crippen molar-refractivity contribution in [3.8, 4) is 0 Å². The van der Waals surface area contributed by atoms with Crippen LogP contribution >= 0.6 is 23.2 Å². The van der Waals surface area contributed by atoms with Gasteiger partial charge in [-0.05, 0) is 50.9 Å². The molecule has 3 atom stereocenters. The van der Waals surface area contributed by atoms with Crippen molar-refractivity contribution in [1.82, 2.24) is 4.90 Å². The van der Waals surface area contributed by atoms with Gasteiger partial charge in [0.25, 0.3) is 0 Å². The van der Waals surface area contributed by atoms with Crippen molar-refractivity contribution in [1.29, 1.82) is 0 Å². The highest BCUT2D eigenvalue weighted by molar-refractivity contribution is 6.37. The van der Waals surface area contributed by atoms with Gasteiger partial charge in [0.1, 0.15) is 0 Å². The smallest absolute Gasteiger partial charge is 0.181 e. The Balaban J connectivity index is 2.10. The van der Waals surface area contributed by atoms with Gasteiger partial charge in [-0.1, -0.05) is 43.0 Å². The zero-order valence-electron chi connectivity index (χ0n) is 12.9. The van der Waals surface area contributed by atoms with Crippen molar-refractivity contribution < 1.29 is 4.79 Å². The van der Waals surface area contributed by atoms with Crippen molar-refractivity contribution in [3.05, 3.63) is 33.8 Å². The lowest BCUT2D eigenvalue weighted by molar-refractivity contribution is 0.0748. The zero-order valence-corrected chi connectivity index (χ0v) is 14.4. The van der Waals surface area contributed by atoms with Crippen molar-refractivity contribution in [3.63, 3.8) is 0 Å². The van der Waals surface area contributed by atoms with Gasteiger partial charge in [0.05, 0.1) is 11.1 Å². The van der Waals surface area contributed by atoms with Crippen LogP contribution in [0, 0.1) is 5.92 Å². The molecule has 116 valence electrons. The van der Waals surface area contributed by atoms with Crippen LogP contribution < -0.4 is 0 Å². The number of benzene rings is 1. The van der Waals surface area contributed by atoms with Crippen LogP contribution in [0.3, 0.4) is 0 Å². The normalized spacial score (nSPS) is 24.1. The molecule has 0 N–H and O–H groups in total. The van der Waals surface area contributed by atoms with Crippen molar-refractivity contribution in [2.45, 2.75) is 51.6 Å². The molecule has 1 aromatic rings. The van der Waals surface area contributed by atoms with E-state index < -0.39 is 0 Å². The molecule has 4 heteroatoms. The summed E-state index contributed by atoms with van der Waals surface area (Å²) < 4.78 is 0. The van der Waals surface area contributed by atoms with Crippen LogP contribution in [-0.4, -0.2) is 29.8 Å². The third-order valence-electron chi connectivity index (χ3n) is 4.67. The van der Waals surface area contributed by atoms with Gasteiger partial charge in [0.2, 0.25) is 0 Å². The topological polar surface area (TPSA) is 20.3 Å². The molecule has 0 heterocycles. The summed E-state index contributed by atoms with van der Waals surface area (Å²) in [7, 11) is 2.05. The lowest BCUT2D eigenvalue weighted by atomic mass is 9.85. The number of hydrogen-bond acceptors (Lipinski definition) is 2. The molecular formula is C17H23Cl2NO. The fraction of sp³-hybridized carbons (Fsp3) is 0.588. The summed E-state index contributed by atoms with van der Waals surface area (Å²) in [5.41, 5.74) is 0.560. The van der Waals surface area contributed by atoms with E-state index in [2.05, 4.69) is 18.9 Å². The molecule has 0 amide bonds. The SMILES string of the molecule is CC1CCCC(N(C)C(C)C(=O)c2ccc(Cl)cc2Cl)C1. The Hall–Kier alpha value is -0.570. The molecule has 1 aliphatic carbocycles. The molecule has 1 fully saturated rings. The number of ketones is 1. The Labute approximate surface area is 137 Å². The van der Waals surface area contributed by atoms with Crippen LogP contribution in [0.25, 0.3) is 0 Å². The number of hydrogen-bond donors (Lipinski definition) is 0. The molecule has 0 bridgehead atoms. The van der Waals surface area contributed by atoms with E-state index in [1.54, 1.807) is 18.2 Å². The Morgan fingerprint density at radius 1 is 1.33 bits per heavy atom. The summed E-state index contributed by atoms with van der Waals surface area (Å²) in [5.74, 6) is 0.810. The molecule has 3 unspecified atom stereocenters. The fourth-order valence-corrected chi connectivity index (χ4v) is 3.69. The highest BCUT2D eigenvalue weighted by Crippen LogP contribution is 2.29. The van der Waals surface area contributed by atoms with E-state index in [1.807, 2.05) is 6.92 Å². The third-order valence-corrected chi connectivity index (χ3v) is 5.22. The monoisotopic (exact) mass is 327 g/mol. The van der Waals surface area contributed by atoms with Gasteiger partial charge in [0, 0.05) is 16.6 Å². The van der Waals surface area contributed by atoms with Gasteiger partial charge in [0.15, 0.2) is 5.78 Å². The lowest BCUT2D eigenvalue weighted by Crippen LogP contribution is -2.45. The molecule has 1 aromatic carbocycles. The first-order chi connectivity index (χ1) is 9.90. The molecule has 0 spiro atoms. The first-order valence-corrected chi connectivity index (χ1v) is 8.37. The number of nitrogens with zero attached hydrogens (tertiary/aromatic N) is 1. The molecule has 1 saturated carbocycles. The van der Waals surface area contributed by atoms with E-state index in [9.17, 15) is 4.79 Å². The van der Waals surface area contributed by atoms with Gasteiger partial charge in [-0.3, -0.25) is 9.69 Å². The molecule has 2 nitrogen and oxygen atoms in total. The van der Waals surface area contributed by atoms with Gasteiger partial charge < -0.3 is 0 Å². The maximum Gasteiger partial charge on any atom is 0.181 e. The average molecular weight is 328 g/mol. The second kappa shape index (κ2) is 7.13. The molecular weight excluding hydrogens is 305 g/mol. The molecule has 0 saturated heterocycles. The van der Waals surface area contributed by atoms with E-state index in [0.29, 0.717) is 21.7 Å². The first kappa shape index (κ1) is 16.8. The van der Waals surface area contributed by atoms with Crippen molar-refractivity contribution >= 4 is 29.0 Å². The maximum absolute atomic E-state index is 12.7. The molecule has 0 aromatic heterocycles. The van der Waals surface area contributed by atoms with Crippen molar-refractivity contribution in [2.24, 2.45) is 5.92 Å². The number of carbonyl (C=O) groups excluding carboxylic acids is 1. The number of likely N-dealkylation sites (N-methyl/N-ethyl adjacent to an activating group) is 1. The molecule has 2 rings (SSSR count). The predicted molar refractivity (Wildman–Crippen MR) is 89.4 cm³/mol. The van der Waals surface area contributed by atoms with Crippen LogP contribution in [-0.2, 0) is 0 Å². The number of rotatable bonds is 4. The molecule has 0 radical (unpaired) electrons. The van der Waals surface area contributed by atoms with E-state index in [4.69, 9.17) is 23.2 Å². The van der Waals surface area contributed by atoms with E-state index >= 15 is 0 Å². The summed E-state index contributed by atoms with van der Waals surface area (Å²) in [6.45, 7) is 4.26. The zero-order chi connectivity index (χ0) is 15.6. The summed E-state index contributed by atoms with van der Waals surface area (Å²) in [5, 5.41) is 0.989. The second-order valence-electron chi connectivity index (χ2n) is 6.26. The molecule has 0 aliphatic heterocycles. The first-order valence-electron chi connectivity index (χ1n) is 7.61. The lowest BCUT2D eigenvalue weighted by Gasteiger charge is -2.37. The van der Waals surface area contributed by atoms with Crippen LogP contribution in [0.5, 0.6) is 0 Å². The Morgan fingerprint density at radius 3 is 2.67 bits per heavy atom. The average Bonchev–Trinajstić information content (AvgIpc) is 2.45. The third kappa shape index (κ3) is 4.00. The highest BCUT2D eigenvalue weighted by atomic mass is 35.5. The largest absolute Gasteiger partial charge is 0.294 e. The fourth-order valence-electron chi connectivity index (χ4n) is 3.19. The number of Topliss-reactive ketones (excluding diaryl/α,β-unsaturated/α-hetero) is 1. The summed E-state index contributed by atoms with van der Waals surface area (Å²) in [4.78, 5) is 14.9. The minimum absolute atomic E-state index is 0.0670. The minimum atomic E-state index is -0.168. The van der Waals surface area contributed by atoms with Crippen LogP contribution in [0.15, 0.2) is 18.2 Å². The predicted octanol–water partition coefficient (Wildman–Crippen LogP) is 5.08. The Bertz CT molecular complexity index is 518. The number of halogens is 2. The second-order valence-corrected chi connectivity index (χ2v) is 7.10. The van der Waals surface area contributed by atoms with Gasteiger partial charge in [-0.2, -0.15) is 0 Å². The van der Waals surface area contributed by atoms with Gasteiger partial charge in [-0.25, -0.2) is 0 Å². The number of carbonyl (C=O) groups is 1. The summed E-state index contributed by atoms with van der Waals surface area (Å²) in [6, 6.07) is 5.39. The quantitative estimate of drug-likeness (QED) is 0.719. The highest BCUT2D eigenvalue weighted by Gasteiger charge is 2.29. The maximum atomic E-state index is 12.7. The van der Waals surface area contributed by atoms with Gasteiger partial charge >= 0.3 is 0 Å². The Kier molecular flexibility index (Phi) is 5.70. The Morgan fingerprint density at radius 2 is 2.05 bits per heavy atom. The summed E-state index contributed by atoms with van der Waals surface area (Å²) in [6.07, 6.45) is 4.89. The van der Waals surface area contributed by atoms with E-state index in [0.717, 1.165) is 5.92 Å². The van der Waals surface area contributed by atoms with Crippen LogP contribution in [0.4, 0.5) is 0 Å². The van der Waals surface area contributed by atoms with Crippen LogP contribution in [0.2, 0.25) is 10.0 Å². The summed E-state index contributed by atoms with van der Waals surface area (Å²) >= 11 is 12.1. The molecule has 1 aliphatic rings.